The van der Waals surface area contributed by atoms with Crippen molar-refractivity contribution in [1.82, 2.24) is 0 Å². The number of benzene rings is 4. The fourth-order valence-electron chi connectivity index (χ4n) is 5.00. The van der Waals surface area contributed by atoms with Crippen molar-refractivity contribution in [2.24, 2.45) is 0 Å². The zero-order chi connectivity index (χ0) is 26.6. The van der Waals surface area contributed by atoms with Gasteiger partial charge in [0, 0.05) is 5.39 Å². The Hall–Kier alpha value is -4.45. The average Bonchev–Trinajstić information content (AvgIpc) is 3.19. The normalized spacial score (nSPS) is 12.6. The Labute approximate surface area is 221 Å². The number of rotatable bonds is 9. The minimum Gasteiger partial charge on any atom is -0.487 e. The number of imide groups is 1. The van der Waals surface area contributed by atoms with Gasteiger partial charge >= 0.3 is 5.97 Å². The smallest absolute Gasteiger partial charge is 0.310 e. The van der Waals surface area contributed by atoms with Gasteiger partial charge in [0.2, 0.25) is 0 Å². The van der Waals surface area contributed by atoms with Crippen LogP contribution < -0.4 is 9.64 Å². The summed E-state index contributed by atoms with van der Waals surface area (Å²) in [5.41, 5.74) is 3.74. The molecule has 1 aliphatic heterocycles. The molecule has 0 N–H and O–H groups in total. The number of nitrogens with zero attached hydrogens (tertiary/aromatic N) is 1. The number of hydrogen-bond donors (Lipinski definition) is 0. The van der Waals surface area contributed by atoms with Crippen LogP contribution in [0.3, 0.4) is 0 Å². The van der Waals surface area contributed by atoms with E-state index >= 15 is 0 Å². The molecule has 5 rings (SSSR count). The Morgan fingerprint density at radius 1 is 0.763 bits per heavy atom. The Morgan fingerprint density at radius 2 is 1.42 bits per heavy atom. The lowest BCUT2D eigenvalue weighted by Gasteiger charge is -2.16. The van der Waals surface area contributed by atoms with Gasteiger partial charge < -0.3 is 9.47 Å². The van der Waals surface area contributed by atoms with Crippen molar-refractivity contribution in [2.45, 2.75) is 39.7 Å². The molecule has 4 aromatic carbocycles. The minimum atomic E-state index is -0.408. The highest BCUT2D eigenvalue weighted by Gasteiger charge is 2.42. The third-order valence-electron chi connectivity index (χ3n) is 6.68. The number of amides is 2. The van der Waals surface area contributed by atoms with Gasteiger partial charge in [-0.05, 0) is 47.6 Å². The fraction of sp³-hybridized carbons (Fsp3) is 0.219. The number of fused-ring (bicyclic) bond motifs is 2. The Bertz CT molecular complexity index is 1510. The highest BCUT2D eigenvalue weighted by Crippen LogP contribution is 2.43. The quantitative estimate of drug-likeness (QED) is 0.197. The standard InChI is InChI=1S/C32H29NO5/c1-3-10-25-24-13-8-9-14-26(24)30(38-20-22-11-6-5-7-12-22)29-28(25)31(35)33(32(29)36)23-17-15-21(16-18-23)19-27(34)37-4-2/h5-9,11-18H,3-4,10,19-20H2,1-2H3. The third kappa shape index (κ3) is 4.65. The van der Waals surface area contributed by atoms with E-state index < -0.39 is 5.91 Å². The van der Waals surface area contributed by atoms with Crippen molar-refractivity contribution in [1.29, 1.82) is 0 Å². The van der Waals surface area contributed by atoms with Gasteiger partial charge in [-0.1, -0.05) is 80.1 Å². The maximum Gasteiger partial charge on any atom is 0.310 e. The molecule has 0 unspecified atom stereocenters. The number of aryl methyl sites for hydroxylation is 1. The topological polar surface area (TPSA) is 72.9 Å². The van der Waals surface area contributed by atoms with Crippen LogP contribution in [0.2, 0.25) is 0 Å². The van der Waals surface area contributed by atoms with Crippen LogP contribution in [-0.4, -0.2) is 24.4 Å². The molecule has 0 aliphatic carbocycles. The van der Waals surface area contributed by atoms with Crippen molar-refractivity contribution in [2.75, 3.05) is 11.5 Å². The summed E-state index contributed by atoms with van der Waals surface area (Å²) < 4.78 is 11.3. The van der Waals surface area contributed by atoms with Crippen molar-refractivity contribution in [3.8, 4) is 5.75 Å². The molecule has 0 saturated carbocycles. The first-order valence-electron chi connectivity index (χ1n) is 12.9. The van der Waals surface area contributed by atoms with Gasteiger partial charge in [0.1, 0.15) is 12.4 Å². The molecule has 4 aromatic rings. The van der Waals surface area contributed by atoms with Crippen molar-refractivity contribution < 1.29 is 23.9 Å². The minimum absolute atomic E-state index is 0.125. The molecule has 0 saturated heterocycles. The summed E-state index contributed by atoms with van der Waals surface area (Å²) in [5.74, 6) is -0.660. The first-order chi connectivity index (χ1) is 18.5. The number of carbonyl (C=O) groups is 3. The van der Waals surface area contributed by atoms with Gasteiger partial charge in [0.25, 0.3) is 11.8 Å². The Kier molecular flexibility index (Phi) is 7.22. The predicted octanol–water partition coefficient (Wildman–Crippen LogP) is 6.28. The molecule has 0 atom stereocenters. The van der Waals surface area contributed by atoms with E-state index in [1.54, 1.807) is 31.2 Å². The summed E-state index contributed by atoms with van der Waals surface area (Å²) >= 11 is 0. The van der Waals surface area contributed by atoms with Gasteiger partial charge in [-0.15, -0.1) is 0 Å². The third-order valence-corrected chi connectivity index (χ3v) is 6.68. The second-order valence-electron chi connectivity index (χ2n) is 9.22. The zero-order valence-electron chi connectivity index (χ0n) is 21.5. The molecular formula is C32H29NO5. The van der Waals surface area contributed by atoms with E-state index in [0.717, 1.165) is 33.9 Å². The first-order valence-corrected chi connectivity index (χ1v) is 12.9. The fourth-order valence-corrected chi connectivity index (χ4v) is 5.00. The van der Waals surface area contributed by atoms with Crippen molar-refractivity contribution in [3.05, 3.63) is 107 Å². The van der Waals surface area contributed by atoms with E-state index in [-0.39, 0.29) is 24.9 Å². The molecule has 0 fully saturated rings. The molecule has 6 heteroatoms. The largest absolute Gasteiger partial charge is 0.487 e. The molecule has 0 aromatic heterocycles. The van der Waals surface area contributed by atoms with E-state index in [0.29, 0.717) is 35.6 Å². The van der Waals surface area contributed by atoms with Crippen molar-refractivity contribution >= 4 is 34.2 Å². The van der Waals surface area contributed by atoms with Crippen LogP contribution in [0, 0.1) is 0 Å². The molecule has 6 nitrogen and oxygen atoms in total. The van der Waals surface area contributed by atoms with E-state index in [4.69, 9.17) is 9.47 Å². The molecular weight excluding hydrogens is 478 g/mol. The Balaban J connectivity index is 1.59. The molecule has 1 heterocycles. The molecule has 2 amide bonds. The van der Waals surface area contributed by atoms with Gasteiger partial charge in [-0.2, -0.15) is 0 Å². The number of anilines is 1. The molecule has 38 heavy (non-hydrogen) atoms. The van der Waals surface area contributed by atoms with Gasteiger partial charge in [0.15, 0.2) is 0 Å². The van der Waals surface area contributed by atoms with Crippen LogP contribution in [0.1, 0.15) is 57.7 Å². The summed E-state index contributed by atoms with van der Waals surface area (Å²) in [6.07, 6.45) is 1.61. The number of carbonyl (C=O) groups excluding carboxylic acids is 3. The van der Waals surface area contributed by atoms with Gasteiger partial charge in [-0.3, -0.25) is 14.4 Å². The predicted molar refractivity (Wildman–Crippen MR) is 147 cm³/mol. The monoisotopic (exact) mass is 507 g/mol. The van der Waals surface area contributed by atoms with Crippen LogP contribution in [0.15, 0.2) is 78.9 Å². The maximum absolute atomic E-state index is 13.9. The van der Waals surface area contributed by atoms with Crippen LogP contribution in [0.5, 0.6) is 5.75 Å². The SMILES string of the molecule is CCCc1c2c(c(OCc3ccccc3)c3ccccc13)C(=O)N(c1ccc(CC(=O)OCC)cc1)C2=O. The maximum atomic E-state index is 13.9. The lowest BCUT2D eigenvalue weighted by atomic mass is 9.91. The number of esters is 1. The summed E-state index contributed by atoms with van der Waals surface area (Å²) in [7, 11) is 0. The molecule has 0 spiro atoms. The van der Waals surface area contributed by atoms with E-state index in [1.165, 1.54) is 4.90 Å². The van der Waals surface area contributed by atoms with E-state index in [1.807, 2.05) is 54.6 Å². The zero-order valence-corrected chi connectivity index (χ0v) is 21.5. The van der Waals surface area contributed by atoms with Gasteiger partial charge in [0.05, 0.1) is 29.8 Å². The van der Waals surface area contributed by atoms with Crippen molar-refractivity contribution in [3.63, 3.8) is 0 Å². The van der Waals surface area contributed by atoms with Crippen LogP contribution in [0.25, 0.3) is 10.8 Å². The molecule has 0 bridgehead atoms. The summed E-state index contributed by atoms with van der Waals surface area (Å²) in [6.45, 7) is 4.41. The lowest BCUT2D eigenvalue weighted by Crippen LogP contribution is -2.29. The van der Waals surface area contributed by atoms with Crippen LogP contribution >= 0.6 is 0 Å². The van der Waals surface area contributed by atoms with Crippen LogP contribution in [0.4, 0.5) is 5.69 Å². The average molecular weight is 508 g/mol. The summed E-state index contributed by atoms with van der Waals surface area (Å²) in [5, 5.41) is 1.74. The lowest BCUT2D eigenvalue weighted by molar-refractivity contribution is -0.142. The first kappa shape index (κ1) is 25.2. The molecule has 1 aliphatic rings. The molecule has 0 radical (unpaired) electrons. The van der Waals surface area contributed by atoms with E-state index in [9.17, 15) is 14.4 Å². The summed E-state index contributed by atoms with van der Waals surface area (Å²) in [4.78, 5) is 40.9. The van der Waals surface area contributed by atoms with Crippen LogP contribution in [-0.2, 0) is 29.0 Å². The van der Waals surface area contributed by atoms with Gasteiger partial charge in [-0.25, -0.2) is 4.90 Å². The number of ether oxygens (including phenoxy) is 2. The second kappa shape index (κ2) is 10.9. The number of hydrogen-bond acceptors (Lipinski definition) is 5. The summed E-state index contributed by atoms with van der Waals surface area (Å²) in [6, 6.07) is 24.4. The highest BCUT2D eigenvalue weighted by atomic mass is 16.5. The second-order valence-corrected chi connectivity index (χ2v) is 9.22. The Morgan fingerprint density at radius 3 is 2.11 bits per heavy atom. The van der Waals surface area contributed by atoms with E-state index in [2.05, 4.69) is 6.92 Å². The molecule has 192 valence electrons. The highest BCUT2D eigenvalue weighted by molar-refractivity contribution is 6.37.